The van der Waals surface area contributed by atoms with Gasteiger partial charge in [-0.2, -0.15) is 12.8 Å². The van der Waals surface area contributed by atoms with Crippen molar-refractivity contribution in [2.45, 2.75) is 0 Å². The fraction of sp³-hybridized carbons (Fsp3) is 0. The molecular formula is C14H5F6N3O6S. The van der Waals surface area contributed by atoms with Gasteiger partial charge >= 0.3 is 20.7 Å². The Hall–Kier alpha value is -3.69. The number of halogens is 6. The zero-order valence-corrected chi connectivity index (χ0v) is 14.6. The molecule has 16 heteroatoms. The predicted octanol–water partition coefficient (Wildman–Crippen LogP) is 3.45. The second kappa shape index (κ2) is 7.97. The standard InChI is InChI=1S/C14H5F6N3O6S/c15-7-2-1-5(3-8(7)22(24)25)21-30(28,29)9(23(26)27)4-6-10(16)12(18)14(20)13(19)11(6)17/h1-4,21H. The lowest BCUT2D eigenvalue weighted by molar-refractivity contribution is -0.410. The largest absolute Gasteiger partial charge is 0.379 e. The first-order valence-corrected chi connectivity index (χ1v) is 8.60. The van der Waals surface area contributed by atoms with E-state index in [2.05, 4.69) is 0 Å². The lowest BCUT2D eigenvalue weighted by Crippen LogP contribution is -2.20. The first-order chi connectivity index (χ1) is 13.8. The van der Waals surface area contributed by atoms with Crippen LogP contribution in [0, 0.1) is 55.1 Å². The number of nitrogens with one attached hydrogen (secondary N) is 1. The molecule has 1 N–H and O–H groups in total. The number of hydrogen-bond donors (Lipinski definition) is 1. The van der Waals surface area contributed by atoms with Crippen LogP contribution < -0.4 is 4.72 Å². The van der Waals surface area contributed by atoms with E-state index in [4.69, 9.17) is 0 Å². The minimum atomic E-state index is -5.40. The minimum Gasteiger partial charge on any atom is -0.274 e. The molecule has 0 saturated heterocycles. The first-order valence-electron chi connectivity index (χ1n) is 7.12. The zero-order valence-electron chi connectivity index (χ0n) is 13.8. The average Bonchev–Trinajstić information content (AvgIpc) is 2.65. The molecule has 0 atom stereocenters. The van der Waals surface area contributed by atoms with Crippen LogP contribution in [0.4, 0.5) is 37.7 Å². The van der Waals surface area contributed by atoms with Gasteiger partial charge in [0.25, 0.3) is 0 Å². The summed E-state index contributed by atoms with van der Waals surface area (Å²) in [5.41, 5.74) is -3.91. The summed E-state index contributed by atoms with van der Waals surface area (Å²) in [5, 5.41) is 19.7. The van der Waals surface area contributed by atoms with E-state index < -0.39 is 82.8 Å². The normalized spacial score (nSPS) is 12.0. The van der Waals surface area contributed by atoms with Gasteiger partial charge in [0.1, 0.15) is 0 Å². The Kier molecular flexibility index (Phi) is 6.01. The molecule has 0 fully saturated rings. The molecule has 0 aliphatic rings. The van der Waals surface area contributed by atoms with Crippen LogP contribution in [-0.4, -0.2) is 18.3 Å². The van der Waals surface area contributed by atoms with Gasteiger partial charge in [-0.3, -0.25) is 25.0 Å². The van der Waals surface area contributed by atoms with E-state index in [-0.39, 0.29) is 0 Å². The highest BCUT2D eigenvalue weighted by Crippen LogP contribution is 2.28. The van der Waals surface area contributed by atoms with Crippen molar-refractivity contribution in [2.75, 3.05) is 4.72 Å². The van der Waals surface area contributed by atoms with E-state index in [1.54, 1.807) is 0 Å². The topological polar surface area (TPSA) is 132 Å². The van der Waals surface area contributed by atoms with Gasteiger partial charge in [0.15, 0.2) is 23.3 Å². The van der Waals surface area contributed by atoms with Crippen molar-refractivity contribution in [2.24, 2.45) is 0 Å². The number of hydrogen-bond acceptors (Lipinski definition) is 6. The van der Waals surface area contributed by atoms with Crippen molar-refractivity contribution in [1.29, 1.82) is 0 Å². The van der Waals surface area contributed by atoms with Crippen LogP contribution in [-0.2, 0) is 10.0 Å². The fourth-order valence-electron chi connectivity index (χ4n) is 2.02. The van der Waals surface area contributed by atoms with Gasteiger partial charge in [-0.05, 0) is 12.1 Å². The summed E-state index contributed by atoms with van der Waals surface area (Å²) in [4.78, 5) is 18.8. The maximum atomic E-state index is 13.7. The van der Waals surface area contributed by atoms with Crippen LogP contribution in [0.25, 0.3) is 6.08 Å². The maximum Gasteiger partial charge on any atom is 0.379 e. The van der Waals surface area contributed by atoms with Crippen LogP contribution in [0.15, 0.2) is 23.2 Å². The number of benzene rings is 2. The molecule has 2 rings (SSSR count). The van der Waals surface area contributed by atoms with Gasteiger partial charge in [-0.25, -0.2) is 22.0 Å². The Morgan fingerprint density at radius 3 is 1.87 bits per heavy atom. The third-order valence-corrected chi connectivity index (χ3v) is 4.68. The Morgan fingerprint density at radius 1 is 0.900 bits per heavy atom. The predicted molar refractivity (Wildman–Crippen MR) is 86.8 cm³/mol. The van der Waals surface area contributed by atoms with Crippen molar-refractivity contribution in [3.05, 3.63) is 83.9 Å². The number of rotatable bonds is 6. The number of anilines is 1. The van der Waals surface area contributed by atoms with Gasteiger partial charge < -0.3 is 0 Å². The lowest BCUT2D eigenvalue weighted by Gasteiger charge is -2.08. The monoisotopic (exact) mass is 457 g/mol. The van der Waals surface area contributed by atoms with Crippen molar-refractivity contribution in [1.82, 2.24) is 0 Å². The van der Waals surface area contributed by atoms with E-state index in [1.165, 1.54) is 4.72 Å². The second-order valence-electron chi connectivity index (χ2n) is 5.25. The highest BCUT2D eigenvalue weighted by Gasteiger charge is 2.33. The Morgan fingerprint density at radius 2 is 1.40 bits per heavy atom. The Labute approximate surface area is 161 Å². The lowest BCUT2D eigenvalue weighted by atomic mass is 10.1. The summed E-state index contributed by atoms with van der Waals surface area (Å²) in [6.45, 7) is 0. The molecular weight excluding hydrogens is 452 g/mol. The SMILES string of the molecule is O=[N+]([O-])C(=Cc1c(F)c(F)c(F)c(F)c1F)S(=O)(=O)Nc1ccc(F)c([N+](=O)[O-])c1. The molecule has 2 aromatic carbocycles. The van der Waals surface area contributed by atoms with E-state index in [0.717, 1.165) is 0 Å². The average molecular weight is 457 g/mol. The van der Waals surface area contributed by atoms with Gasteiger partial charge in [-0.15, -0.1) is 0 Å². The molecule has 0 unspecified atom stereocenters. The van der Waals surface area contributed by atoms with Crippen LogP contribution >= 0.6 is 0 Å². The highest BCUT2D eigenvalue weighted by atomic mass is 32.2. The number of sulfonamides is 1. The molecule has 30 heavy (non-hydrogen) atoms. The van der Waals surface area contributed by atoms with E-state index in [1.807, 2.05) is 0 Å². The fourth-order valence-corrected chi connectivity index (χ4v) is 3.04. The molecule has 9 nitrogen and oxygen atoms in total. The summed E-state index contributed by atoms with van der Waals surface area (Å²) in [6, 6.07) is 1.40. The van der Waals surface area contributed by atoms with Crippen LogP contribution in [0.3, 0.4) is 0 Å². The molecule has 2 aromatic rings. The Bertz CT molecular complexity index is 1190. The van der Waals surface area contributed by atoms with Crippen molar-refractivity contribution >= 4 is 27.5 Å². The van der Waals surface area contributed by atoms with Crippen LogP contribution in [0.5, 0.6) is 0 Å². The van der Waals surface area contributed by atoms with Crippen molar-refractivity contribution < 1.29 is 44.6 Å². The van der Waals surface area contributed by atoms with Gasteiger partial charge in [0.05, 0.1) is 21.1 Å². The second-order valence-corrected chi connectivity index (χ2v) is 6.88. The molecule has 0 heterocycles. The van der Waals surface area contributed by atoms with E-state index in [0.29, 0.717) is 18.2 Å². The van der Waals surface area contributed by atoms with E-state index >= 15 is 0 Å². The maximum absolute atomic E-state index is 13.7. The molecule has 0 amide bonds. The molecule has 0 bridgehead atoms. The number of nitro benzene ring substituents is 1. The van der Waals surface area contributed by atoms with Gasteiger partial charge in [0, 0.05) is 12.1 Å². The minimum absolute atomic E-state index is 0.336. The number of nitro groups is 2. The summed E-state index contributed by atoms with van der Waals surface area (Å²) in [6.07, 6.45) is -0.434. The van der Waals surface area contributed by atoms with Gasteiger partial charge in [0.2, 0.25) is 11.6 Å². The zero-order chi connectivity index (χ0) is 23.0. The molecule has 0 saturated carbocycles. The summed E-state index contributed by atoms with van der Waals surface area (Å²) in [7, 11) is -5.40. The van der Waals surface area contributed by atoms with Crippen molar-refractivity contribution in [3.8, 4) is 0 Å². The van der Waals surface area contributed by atoms with E-state index in [9.17, 15) is 55.0 Å². The molecule has 0 aromatic heterocycles. The third kappa shape index (κ3) is 4.17. The van der Waals surface area contributed by atoms with Crippen LogP contribution in [0.2, 0.25) is 0 Å². The highest BCUT2D eigenvalue weighted by molar-refractivity contribution is 7.96. The van der Waals surface area contributed by atoms with Crippen molar-refractivity contribution in [3.63, 3.8) is 0 Å². The summed E-state index contributed by atoms with van der Waals surface area (Å²) < 4.78 is 106. The summed E-state index contributed by atoms with van der Waals surface area (Å²) in [5.74, 6) is -14.0. The first kappa shape index (κ1) is 22.6. The molecule has 0 radical (unpaired) electrons. The molecule has 0 spiro atoms. The quantitative estimate of drug-likeness (QED) is 0.232. The molecule has 0 aliphatic heterocycles. The summed E-state index contributed by atoms with van der Waals surface area (Å²) >= 11 is 0. The Balaban J connectivity index is 2.63. The molecule has 160 valence electrons. The third-order valence-electron chi connectivity index (χ3n) is 3.36. The van der Waals surface area contributed by atoms with Gasteiger partial charge in [-0.1, -0.05) is 0 Å². The number of nitrogens with zero attached hydrogens (tertiary/aromatic N) is 2. The molecule has 0 aliphatic carbocycles. The van der Waals surface area contributed by atoms with Crippen LogP contribution in [0.1, 0.15) is 5.56 Å². The smallest absolute Gasteiger partial charge is 0.274 e.